The van der Waals surface area contributed by atoms with E-state index in [0.29, 0.717) is 23.3 Å². The number of piperidine rings is 1. The van der Waals surface area contributed by atoms with Crippen molar-refractivity contribution in [3.8, 4) is 0 Å². The van der Waals surface area contributed by atoms with E-state index in [0.717, 1.165) is 31.6 Å². The molecular weight excluding hydrogens is 386 g/mol. The smallest absolute Gasteiger partial charge is 0.223 e. The minimum Gasteiger partial charge on any atom is -0.350 e. The lowest BCUT2D eigenvalue weighted by molar-refractivity contribution is 0.478. The highest BCUT2D eigenvalue weighted by molar-refractivity contribution is 6.05. The Morgan fingerprint density at radius 2 is 2.00 bits per heavy atom. The first-order valence-corrected chi connectivity index (χ1v) is 10.2. The number of allylic oxidation sites excluding steroid dienone is 2. The Bertz CT molecular complexity index is 1020. The highest BCUT2D eigenvalue weighted by Crippen LogP contribution is 2.32. The second kappa shape index (κ2) is 7.95. The molecule has 3 aliphatic rings. The number of nitrogens with one attached hydrogen (secondary N) is 3. The maximum atomic E-state index is 14.3. The van der Waals surface area contributed by atoms with Gasteiger partial charge < -0.3 is 16.1 Å². The summed E-state index contributed by atoms with van der Waals surface area (Å²) >= 11 is 0. The van der Waals surface area contributed by atoms with E-state index in [2.05, 4.69) is 31.1 Å². The van der Waals surface area contributed by atoms with Gasteiger partial charge in [-0.15, -0.1) is 0 Å². The minimum absolute atomic E-state index is 0.0201. The molecule has 8 heteroatoms. The zero-order chi connectivity index (χ0) is 20.5. The molecule has 0 saturated carbocycles. The molecule has 0 radical (unpaired) electrons. The first kappa shape index (κ1) is 18.9. The lowest BCUT2D eigenvalue weighted by Crippen LogP contribution is -2.38. The zero-order valence-electron chi connectivity index (χ0n) is 16.3. The Morgan fingerprint density at radius 3 is 2.80 bits per heavy atom. The Labute approximate surface area is 173 Å². The topological polar surface area (TPSA) is 74.2 Å². The summed E-state index contributed by atoms with van der Waals surface area (Å²) in [4.78, 5) is 8.99. The lowest BCUT2D eigenvalue weighted by Gasteiger charge is -2.24. The molecule has 0 spiro atoms. The van der Waals surface area contributed by atoms with Gasteiger partial charge in [0.2, 0.25) is 5.95 Å². The Balaban J connectivity index is 1.42. The molecule has 1 aromatic carbocycles. The van der Waals surface area contributed by atoms with E-state index in [9.17, 15) is 8.78 Å². The van der Waals surface area contributed by atoms with Crippen molar-refractivity contribution >= 4 is 17.2 Å². The largest absolute Gasteiger partial charge is 0.350 e. The van der Waals surface area contributed by atoms with Gasteiger partial charge in [0.25, 0.3) is 0 Å². The average molecular weight is 408 g/mol. The molecule has 3 N–H and O–H groups in total. The number of aromatic nitrogens is 2. The van der Waals surface area contributed by atoms with Gasteiger partial charge in [-0.3, -0.25) is 0 Å². The molecule has 1 aliphatic carbocycles. The van der Waals surface area contributed by atoms with E-state index in [4.69, 9.17) is 0 Å². The number of hydrogen-bond acceptors (Lipinski definition) is 6. The normalized spacial score (nSPS) is 25.2. The van der Waals surface area contributed by atoms with E-state index in [-0.39, 0.29) is 17.5 Å². The van der Waals surface area contributed by atoms with Gasteiger partial charge in [-0.1, -0.05) is 24.3 Å². The molecule has 30 heavy (non-hydrogen) atoms. The second-order valence-electron chi connectivity index (χ2n) is 7.71. The molecule has 3 unspecified atom stereocenters. The van der Waals surface area contributed by atoms with Crippen molar-refractivity contribution in [2.45, 2.75) is 24.9 Å². The van der Waals surface area contributed by atoms with Crippen LogP contribution in [0.3, 0.4) is 0 Å². The van der Waals surface area contributed by atoms with Crippen molar-refractivity contribution in [3.63, 3.8) is 0 Å². The van der Waals surface area contributed by atoms with E-state index in [1.807, 2.05) is 18.2 Å². The third kappa shape index (κ3) is 3.59. The van der Waals surface area contributed by atoms with Gasteiger partial charge in [0.1, 0.15) is 11.6 Å². The number of benzene rings is 1. The second-order valence-corrected chi connectivity index (χ2v) is 7.71. The summed E-state index contributed by atoms with van der Waals surface area (Å²) < 4.78 is 28.6. The van der Waals surface area contributed by atoms with Crippen LogP contribution in [0.5, 0.6) is 0 Å². The third-order valence-electron chi connectivity index (χ3n) is 5.68. The van der Waals surface area contributed by atoms with Crippen LogP contribution in [0, 0.1) is 17.6 Å². The van der Waals surface area contributed by atoms with Gasteiger partial charge in [-0.25, -0.2) is 18.7 Å². The predicted octanol–water partition coefficient (Wildman–Crippen LogP) is 2.86. The van der Waals surface area contributed by atoms with Gasteiger partial charge in [0.05, 0.1) is 23.0 Å². The van der Waals surface area contributed by atoms with Crippen LogP contribution in [0.1, 0.15) is 24.1 Å². The number of rotatable bonds is 4. The number of anilines is 1. The first-order valence-electron chi connectivity index (χ1n) is 10.2. The van der Waals surface area contributed by atoms with Crippen LogP contribution >= 0.6 is 0 Å². The van der Waals surface area contributed by atoms with Crippen LogP contribution in [-0.2, 0) is 0 Å². The molecule has 0 amide bonds. The molecule has 0 bridgehead atoms. The summed E-state index contributed by atoms with van der Waals surface area (Å²) in [5.74, 6) is -0.780. The van der Waals surface area contributed by atoms with Crippen LogP contribution in [0.2, 0.25) is 0 Å². The standard InChI is InChI=1S/C22H22F2N6/c23-16-4-1-5-17(24)20(16)13-6-7-18-15(11-13)21(30-29-18)19-8-10-26-22(28-19)27-14-3-2-9-25-12-14/h1,4-8,10-11,14-15,18,25,29H,2-3,9,12H2,(H,26,27,28). The van der Waals surface area contributed by atoms with Gasteiger partial charge in [0, 0.05) is 24.7 Å². The summed E-state index contributed by atoms with van der Waals surface area (Å²) in [6, 6.07) is 5.92. The third-order valence-corrected chi connectivity index (χ3v) is 5.68. The fourth-order valence-electron chi connectivity index (χ4n) is 4.17. The van der Waals surface area contributed by atoms with Crippen molar-refractivity contribution in [2.75, 3.05) is 18.4 Å². The van der Waals surface area contributed by atoms with Crippen molar-refractivity contribution < 1.29 is 8.78 Å². The zero-order valence-corrected chi connectivity index (χ0v) is 16.3. The molecule has 2 aromatic rings. The summed E-state index contributed by atoms with van der Waals surface area (Å²) in [6.07, 6.45) is 9.36. The summed E-state index contributed by atoms with van der Waals surface area (Å²) in [6.45, 7) is 1.92. The Kier molecular flexibility index (Phi) is 5.00. The predicted molar refractivity (Wildman–Crippen MR) is 112 cm³/mol. The van der Waals surface area contributed by atoms with Crippen molar-refractivity contribution in [1.29, 1.82) is 0 Å². The number of hydrazone groups is 1. The fourth-order valence-corrected chi connectivity index (χ4v) is 4.17. The molecule has 5 rings (SSSR count). The Morgan fingerprint density at radius 1 is 1.13 bits per heavy atom. The molecule has 2 aliphatic heterocycles. The maximum Gasteiger partial charge on any atom is 0.223 e. The highest BCUT2D eigenvalue weighted by Gasteiger charge is 2.33. The van der Waals surface area contributed by atoms with E-state index in [1.165, 1.54) is 18.2 Å². The maximum absolute atomic E-state index is 14.3. The molecule has 1 aromatic heterocycles. The van der Waals surface area contributed by atoms with Crippen LogP contribution in [0.15, 0.2) is 53.8 Å². The summed E-state index contributed by atoms with van der Waals surface area (Å²) in [7, 11) is 0. The van der Waals surface area contributed by atoms with Crippen LogP contribution in [0.4, 0.5) is 14.7 Å². The summed E-state index contributed by atoms with van der Waals surface area (Å²) in [5, 5.41) is 11.2. The van der Waals surface area contributed by atoms with Gasteiger partial charge >= 0.3 is 0 Å². The number of fused-ring (bicyclic) bond motifs is 1. The number of nitrogens with zero attached hydrogens (tertiary/aromatic N) is 3. The van der Waals surface area contributed by atoms with Crippen LogP contribution < -0.4 is 16.1 Å². The fraction of sp³-hybridized carbons (Fsp3) is 0.318. The first-order chi connectivity index (χ1) is 14.7. The molecule has 3 atom stereocenters. The lowest BCUT2D eigenvalue weighted by atomic mass is 9.85. The van der Waals surface area contributed by atoms with Gasteiger partial charge in [-0.05, 0) is 43.2 Å². The SMILES string of the molecule is Fc1cccc(F)c1C1=CC2C(c3ccnc(NC4CCCNC4)n3)=NNC2C=C1. The molecule has 3 heterocycles. The van der Waals surface area contributed by atoms with E-state index >= 15 is 0 Å². The number of hydrogen-bond donors (Lipinski definition) is 3. The van der Waals surface area contributed by atoms with Crippen molar-refractivity contribution in [1.82, 2.24) is 20.7 Å². The monoisotopic (exact) mass is 408 g/mol. The molecule has 1 saturated heterocycles. The molecule has 154 valence electrons. The van der Waals surface area contributed by atoms with E-state index < -0.39 is 11.6 Å². The van der Waals surface area contributed by atoms with Crippen molar-refractivity contribution in [3.05, 3.63) is 71.6 Å². The minimum atomic E-state index is -0.580. The summed E-state index contributed by atoms with van der Waals surface area (Å²) in [5.41, 5.74) is 4.99. The van der Waals surface area contributed by atoms with Crippen LogP contribution in [-0.4, -0.2) is 40.9 Å². The quantitative estimate of drug-likeness (QED) is 0.726. The highest BCUT2D eigenvalue weighted by atomic mass is 19.1. The van der Waals surface area contributed by atoms with Gasteiger partial charge in [0.15, 0.2) is 0 Å². The van der Waals surface area contributed by atoms with Crippen molar-refractivity contribution in [2.24, 2.45) is 11.0 Å². The molecule has 6 nitrogen and oxygen atoms in total. The average Bonchev–Trinajstić information content (AvgIpc) is 3.18. The van der Waals surface area contributed by atoms with E-state index in [1.54, 1.807) is 12.3 Å². The van der Waals surface area contributed by atoms with Gasteiger partial charge in [-0.2, -0.15) is 5.10 Å². The van der Waals surface area contributed by atoms with Crippen LogP contribution in [0.25, 0.3) is 5.57 Å². The Hall–Kier alpha value is -3.13. The number of halogens is 2. The molecule has 1 fully saturated rings. The molecular formula is C22H22F2N6.